The fourth-order valence-electron chi connectivity index (χ4n) is 2.13. The number of nitrogens with zero attached hydrogens (tertiary/aromatic N) is 2. The van der Waals surface area contributed by atoms with Gasteiger partial charge in [-0.05, 0) is 24.3 Å². The standard InChI is InChI=1S/C16H19N3OS/c1-10(2)11-3-5-12(6-4-11)14(20)9-21-16-17-15(18-19-16)13-7-8-13/h3-6,10,13H,7-9H2,1-2H3,(H,17,18,19). The van der Waals surface area contributed by atoms with Crippen LogP contribution in [0.1, 0.15) is 60.3 Å². The second-order valence-electron chi connectivity index (χ2n) is 5.77. The number of benzene rings is 1. The molecule has 3 rings (SSSR count). The van der Waals surface area contributed by atoms with Crippen LogP contribution >= 0.6 is 11.8 Å². The SMILES string of the molecule is CC(C)c1ccc(C(=O)CSc2n[nH]c(C3CC3)n2)cc1. The maximum Gasteiger partial charge on any atom is 0.208 e. The van der Waals surface area contributed by atoms with E-state index in [4.69, 9.17) is 0 Å². The quantitative estimate of drug-likeness (QED) is 0.651. The van der Waals surface area contributed by atoms with Gasteiger partial charge in [-0.25, -0.2) is 4.98 Å². The third kappa shape index (κ3) is 3.53. The van der Waals surface area contributed by atoms with Crippen molar-refractivity contribution in [1.82, 2.24) is 15.2 Å². The molecule has 0 saturated heterocycles. The number of Topliss-reactive ketones (excluding diaryl/α,β-unsaturated/α-hetero) is 1. The van der Waals surface area contributed by atoms with Gasteiger partial charge in [-0.2, -0.15) is 0 Å². The van der Waals surface area contributed by atoms with E-state index in [1.54, 1.807) is 0 Å². The fraction of sp³-hybridized carbons (Fsp3) is 0.438. The molecule has 0 bridgehead atoms. The van der Waals surface area contributed by atoms with Gasteiger partial charge in [0.1, 0.15) is 5.82 Å². The van der Waals surface area contributed by atoms with E-state index in [0.717, 1.165) is 11.4 Å². The van der Waals surface area contributed by atoms with Gasteiger partial charge in [0.15, 0.2) is 5.78 Å². The van der Waals surface area contributed by atoms with Crippen LogP contribution in [0.25, 0.3) is 0 Å². The molecule has 1 aliphatic carbocycles. The van der Waals surface area contributed by atoms with Crippen LogP contribution in [0.3, 0.4) is 0 Å². The summed E-state index contributed by atoms with van der Waals surface area (Å²) in [5.74, 6) is 2.51. The van der Waals surface area contributed by atoms with Gasteiger partial charge < -0.3 is 0 Å². The molecular formula is C16H19N3OS. The summed E-state index contributed by atoms with van der Waals surface area (Å²) in [6.45, 7) is 4.29. The second-order valence-corrected chi connectivity index (χ2v) is 6.71. The summed E-state index contributed by atoms with van der Waals surface area (Å²) in [7, 11) is 0. The van der Waals surface area contributed by atoms with E-state index in [-0.39, 0.29) is 5.78 Å². The zero-order chi connectivity index (χ0) is 14.8. The van der Waals surface area contributed by atoms with Gasteiger partial charge in [-0.3, -0.25) is 9.89 Å². The third-order valence-electron chi connectivity index (χ3n) is 3.68. The Labute approximate surface area is 128 Å². The van der Waals surface area contributed by atoms with Crippen molar-refractivity contribution in [1.29, 1.82) is 0 Å². The zero-order valence-electron chi connectivity index (χ0n) is 12.3. The number of nitrogens with one attached hydrogen (secondary N) is 1. The number of ketones is 1. The van der Waals surface area contributed by atoms with Gasteiger partial charge in [-0.15, -0.1) is 5.10 Å². The Balaban J connectivity index is 1.57. The van der Waals surface area contributed by atoms with E-state index >= 15 is 0 Å². The molecule has 0 aliphatic heterocycles. The maximum absolute atomic E-state index is 12.2. The molecule has 1 aromatic carbocycles. The van der Waals surface area contributed by atoms with Crippen LogP contribution in [0, 0.1) is 0 Å². The molecule has 1 aliphatic rings. The highest BCUT2D eigenvalue weighted by Crippen LogP contribution is 2.38. The lowest BCUT2D eigenvalue weighted by atomic mass is 10.0. The molecular weight excluding hydrogens is 282 g/mol. The molecule has 0 unspecified atom stereocenters. The van der Waals surface area contributed by atoms with Crippen molar-refractivity contribution in [2.75, 3.05) is 5.75 Å². The number of aromatic amines is 1. The second kappa shape index (κ2) is 6.02. The number of rotatable bonds is 6. The highest BCUT2D eigenvalue weighted by atomic mass is 32.2. The van der Waals surface area contributed by atoms with E-state index in [0.29, 0.717) is 22.7 Å². The predicted molar refractivity (Wildman–Crippen MR) is 83.9 cm³/mol. The third-order valence-corrected chi connectivity index (χ3v) is 4.53. The average Bonchev–Trinajstić information content (AvgIpc) is 3.24. The van der Waals surface area contributed by atoms with Crippen LogP contribution in [-0.2, 0) is 0 Å². The number of hydrogen-bond acceptors (Lipinski definition) is 4. The van der Waals surface area contributed by atoms with Gasteiger partial charge in [0.2, 0.25) is 5.16 Å². The van der Waals surface area contributed by atoms with Crippen LogP contribution in [0.5, 0.6) is 0 Å². The van der Waals surface area contributed by atoms with Crippen molar-refractivity contribution < 1.29 is 4.79 Å². The van der Waals surface area contributed by atoms with Crippen LogP contribution in [0.15, 0.2) is 29.4 Å². The molecule has 2 aromatic rings. The van der Waals surface area contributed by atoms with Crippen molar-refractivity contribution in [3.63, 3.8) is 0 Å². The molecule has 0 amide bonds. The van der Waals surface area contributed by atoms with Gasteiger partial charge >= 0.3 is 0 Å². The highest BCUT2D eigenvalue weighted by Gasteiger charge is 2.27. The maximum atomic E-state index is 12.2. The predicted octanol–water partition coefficient (Wildman–Crippen LogP) is 3.78. The Kier molecular flexibility index (Phi) is 4.10. The first-order valence-electron chi connectivity index (χ1n) is 7.31. The van der Waals surface area contributed by atoms with Gasteiger partial charge in [0, 0.05) is 11.5 Å². The smallest absolute Gasteiger partial charge is 0.208 e. The van der Waals surface area contributed by atoms with Crippen molar-refractivity contribution >= 4 is 17.5 Å². The van der Waals surface area contributed by atoms with Gasteiger partial charge in [0.05, 0.1) is 5.75 Å². The van der Waals surface area contributed by atoms with Crippen molar-refractivity contribution in [2.24, 2.45) is 0 Å². The average molecular weight is 301 g/mol. The molecule has 0 radical (unpaired) electrons. The first-order chi connectivity index (χ1) is 10.1. The molecule has 1 heterocycles. The highest BCUT2D eigenvalue weighted by molar-refractivity contribution is 7.99. The van der Waals surface area contributed by atoms with Gasteiger partial charge in [-0.1, -0.05) is 49.9 Å². The molecule has 1 N–H and O–H groups in total. The van der Waals surface area contributed by atoms with Crippen molar-refractivity contribution in [2.45, 2.75) is 43.7 Å². The number of hydrogen-bond donors (Lipinski definition) is 1. The minimum atomic E-state index is 0.119. The van der Waals surface area contributed by atoms with Crippen LogP contribution in [0.2, 0.25) is 0 Å². The summed E-state index contributed by atoms with van der Waals surface area (Å²) in [5.41, 5.74) is 2.01. The Morgan fingerprint density at radius 1 is 1.33 bits per heavy atom. The molecule has 1 fully saturated rings. The van der Waals surface area contributed by atoms with E-state index in [1.165, 1.54) is 30.2 Å². The number of carbonyl (C=O) groups is 1. The lowest BCUT2D eigenvalue weighted by Crippen LogP contribution is -2.03. The Hall–Kier alpha value is -1.62. The van der Waals surface area contributed by atoms with E-state index in [9.17, 15) is 4.79 Å². The molecule has 1 saturated carbocycles. The lowest BCUT2D eigenvalue weighted by Gasteiger charge is -2.05. The molecule has 5 heteroatoms. The molecule has 110 valence electrons. The first-order valence-corrected chi connectivity index (χ1v) is 8.30. The Morgan fingerprint density at radius 2 is 2.05 bits per heavy atom. The lowest BCUT2D eigenvalue weighted by molar-refractivity contribution is 0.102. The summed E-state index contributed by atoms with van der Waals surface area (Å²) in [5, 5.41) is 7.78. The topological polar surface area (TPSA) is 58.6 Å². The zero-order valence-corrected chi connectivity index (χ0v) is 13.1. The molecule has 21 heavy (non-hydrogen) atoms. The van der Waals surface area contributed by atoms with Crippen LogP contribution in [0.4, 0.5) is 0 Å². The normalized spacial score (nSPS) is 14.6. The summed E-state index contributed by atoms with van der Waals surface area (Å²) in [6, 6.07) is 7.87. The van der Waals surface area contributed by atoms with Crippen LogP contribution < -0.4 is 0 Å². The summed E-state index contributed by atoms with van der Waals surface area (Å²) in [4.78, 5) is 16.6. The summed E-state index contributed by atoms with van der Waals surface area (Å²) >= 11 is 1.40. The summed E-state index contributed by atoms with van der Waals surface area (Å²) in [6.07, 6.45) is 2.39. The van der Waals surface area contributed by atoms with E-state index in [1.807, 2.05) is 24.3 Å². The monoisotopic (exact) mass is 301 g/mol. The summed E-state index contributed by atoms with van der Waals surface area (Å²) < 4.78 is 0. The minimum Gasteiger partial charge on any atom is -0.293 e. The molecule has 4 nitrogen and oxygen atoms in total. The number of carbonyl (C=O) groups excluding carboxylic acids is 1. The van der Waals surface area contributed by atoms with Gasteiger partial charge in [0.25, 0.3) is 0 Å². The number of thioether (sulfide) groups is 1. The number of aromatic nitrogens is 3. The fourth-order valence-corrected chi connectivity index (χ4v) is 2.83. The van der Waals surface area contributed by atoms with E-state index < -0.39 is 0 Å². The molecule has 0 spiro atoms. The number of H-pyrrole nitrogens is 1. The Bertz CT molecular complexity index is 629. The molecule has 1 aromatic heterocycles. The Morgan fingerprint density at radius 3 is 2.67 bits per heavy atom. The first kappa shape index (κ1) is 14.3. The van der Waals surface area contributed by atoms with E-state index in [2.05, 4.69) is 29.0 Å². The van der Waals surface area contributed by atoms with Crippen molar-refractivity contribution in [3.05, 3.63) is 41.2 Å². The largest absolute Gasteiger partial charge is 0.293 e. The van der Waals surface area contributed by atoms with Crippen molar-refractivity contribution in [3.8, 4) is 0 Å². The minimum absolute atomic E-state index is 0.119. The van der Waals surface area contributed by atoms with Crippen LogP contribution in [-0.4, -0.2) is 26.7 Å². The molecule has 0 atom stereocenters.